The number of hydrogen-bond acceptors (Lipinski definition) is 6. The summed E-state index contributed by atoms with van der Waals surface area (Å²) in [5.41, 5.74) is 0. The van der Waals surface area contributed by atoms with Crippen LogP contribution in [0.2, 0.25) is 0 Å². The third kappa shape index (κ3) is 3.80. The SMILES string of the molecule is CCCNc1nc(N(C)C(C)CSC)c2cc(C)sc2n1. The molecule has 1 unspecified atom stereocenters. The molecule has 0 radical (unpaired) electrons. The second kappa shape index (κ2) is 7.31. The fraction of sp³-hybridized carbons (Fsp3) is 0.600. The van der Waals surface area contributed by atoms with Crippen molar-refractivity contribution in [2.24, 2.45) is 0 Å². The van der Waals surface area contributed by atoms with E-state index in [0.717, 1.165) is 40.7 Å². The Labute approximate surface area is 135 Å². The van der Waals surface area contributed by atoms with Crippen molar-refractivity contribution < 1.29 is 0 Å². The van der Waals surface area contributed by atoms with Crippen molar-refractivity contribution >= 4 is 45.1 Å². The van der Waals surface area contributed by atoms with Gasteiger partial charge in [0, 0.05) is 30.3 Å². The first-order chi connectivity index (χ1) is 10.1. The molecule has 1 atom stereocenters. The third-order valence-electron chi connectivity index (χ3n) is 3.43. The summed E-state index contributed by atoms with van der Waals surface area (Å²) in [4.78, 5) is 14.0. The van der Waals surface area contributed by atoms with Gasteiger partial charge in [-0.1, -0.05) is 6.92 Å². The Morgan fingerprint density at radius 1 is 1.43 bits per heavy atom. The maximum absolute atomic E-state index is 4.76. The Morgan fingerprint density at radius 3 is 2.86 bits per heavy atom. The molecule has 116 valence electrons. The van der Waals surface area contributed by atoms with Gasteiger partial charge in [0.05, 0.1) is 5.39 Å². The molecule has 0 amide bonds. The van der Waals surface area contributed by atoms with Crippen molar-refractivity contribution in [1.29, 1.82) is 0 Å². The quantitative estimate of drug-likeness (QED) is 0.833. The number of nitrogens with one attached hydrogen (secondary N) is 1. The lowest BCUT2D eigenvalue weighted by Gasteiger charge is -2.26. The molecule has 0 aliphatic carbocycles. The predicted octanol–water partition coefficient (Wildman–Crippen LogP) is 4.01. The van der Waals surface area contributed by atoms with Crippen LogP contribution >= 0.6 is 23.1 Å². The van der Waals surface area contributed by atoms with Gasteiger partial charge in [-0.05, 0) is 32.6 Å². The molecule has 21 heavy (non-hydrogen) atoms. The standard InChI is InChI=1S/C15H24N4S2/c1-6-7-16-15-17-13(19(4)10(2)9-20-5)12-8-11(3)21-14(12)18-15/h8,10H,6-7,9H2,1-5H3,(H,16,17,18). The molecule has 2 rings (SSSR count). The highest BCUT2D eigenvalue weighted by atomic mass is 32.2. The van der Waals surface area contributed by atoms with Gasteiger partial charge in [0.1, 0.15) is 10.6 Å². The molecule has 2 heterocycles. The number of nitrogens with zero attached hydrogens (tertiary/aromatic N) is 3. The summed E-state index contributed by atoms with van der Waals surface area (Å²) >= 11 is 3.60. The summed E-state index contributed by atoms with van der Waals surface area (Å²) in [6.07, 6.45) is 3.21. The van der Waals surface area contributed by atoms with E-state index in [1.807, 2.05) is 11.8 Å². The number of aromatic nitrogens is 2. The van der Waals surface area contributed by atoms with Gasteiger partial charge in [0.15, 0.2) is 0 Å². The van der Waals surface area contributed by atoms with E-state index in [2.05, 4.69) is 55.3 Å². The zero-order valence-corrected chi connectivity index (χ0v) is 15.1. The van der Waals surface area contributed by atoms with Crippen LogP contribution in [-0.2, 0) is 0 Å². The van der Waals surface area contributed by atoms with Crippen LogP contribution in [0.3, 0.4) is 0 Å². The lowest BCUT2D eigenvalue weighted by Crippen LogP contribution is -2.31. The van der Waals surface area contributed by atoms with Crippen LogP contribution in [0.1, 0.15) is 25.1 Å². The van der Waals surface area contributed by atoms with E-state index >= 15 is 0 Å². The lowest BCUT2D eigenvalue weighted by atomic mass is 10.3. The fourth-order valence-electron chi connectivity index (χ4n) is 2.17. The van der Waals surface area contributed by atoms with Crippen LogP contribution in [0.5, 0.6) is 0 Å². The second-order valence-electron chi connectivity index (χ2n) is 5.29. The van der Waals surface area contributed by atoms with Crippen LogP contribution in [0.15, 0.2) is 6.07 Å². The average molecular weight is 325 g/mol. The normalized spacial score (nSPS) is 12.6. The largest absolute Gasteiger partial charge is 0.355 e. The van der Waals surface area contributed by atoms with Crippen LogP contribution in [0, 0.1) is 6.92 Å². The zero-order chi connectivity index (χ0) is 15.4. The maximum atomic E-state index is 4.76. The van der Waals surface area contributed by atoms with Gasteiger partial charge in [0.2, 0.25) is 5.95 Å². The molecule has 4 nitrogen and oxygen atoms in total. The van der Waals surface area contributed by atoms with Gasteiger partial charge in [-0.2, -0.15) is 16.7 Å². The van der Waals surface area contributed by atoms with Gasteiger partial charge in [-0.3, -0.25) is 0 Å². The number of fused-ring (bicyclic) bond motifs is 1. The Morgan fingerprint density at radius 2 is 2.19 bits per heavy atom. The summed E-state index contributed by atoms with van der Waals surface area (Å²) in [5.74, 6) is 2.86. The maximum Gasteiger partial charge on any atom is 0.226 e. The highest BCUT2D eigenvalue weighted by Gasteiger charge is 2.17. The van der Waals surface area contributed by atoms with E-state index in [-0.39, 0.29) is 0 Å². The van der Waals surface area contributed by atoms with Crippen LogP contribution in [0.25, 0.3) is 10.2 Å². The van der Waals surface area contributed by atoms with Gasteiger partial charge >= 0.3 is 0 Å². The van der Waals surface area contributed by atoms with Crippen LogP contribution in [-0.4, -0.2) is 41.6 Å². The van der Waals surface area contributed by atoms with E-state index in [0.29, 0.717) is 6.04 Å². The van der Waals surface area contributed by atoms with Crippen molar-refractivity contribution in [2.45, 2.75) is 33.2 Å². The summed E-state index contributed by atoms with van der Waals surface area (Å²) in [6, 6.07) is 2.64. The number of rotatable bonds is 7. The minimum atomic E-state index is 0.442. The molecule has 0 aromatic carbocycles. The van der Waals surface area contributed by atoms with E-state index in [9.17, 15) is 0 Å². The Bertz CT molecular complexity index is 597. The monoisotopic (exact) mass is 324 g/mol. The van der Waals surface area contributed by atoms with Crippen molar-refractivity contribution in [3.63, 3.8) is 0 Å². The molecule has 1 N–H and O–H groups in total. The number of thioether (sulfide) groups is 1. The number of thiophene rings is 1. The second-order valence-corrected chi connectivity index (χ2v) is 7.43. The predicted molar refractivity (Wildman–Crippen MR) is 97.2 cm³/mol. The molecule has 0 bridgehead atoms. The molecule has 2 aromatic rings. The minimum Gasteiger partial charge on any atom is -0.355 e. The third-order valence-corrected chi connectivity index (χ3v) is 5.19. The Kier molecular flexibility index (Phi) is 5.70. The van der Waals surface area contributed by atoms with Crippen LogP contribution in [0.4, 0.5) is 11.8 Å². The highest BCUT2D eigenvalue weighted by Crippen LogP contribution is 2.32. The van der Waals surface area contributed by atoms with Crippen molar-refractivity contribution in [3.05, 3.63) is 10.9 Å². The first-order valence-electron chi connectivity index (χ1n) is 7.30. The molecule has 6 heteroatoms. The molecule has 0 aliphatic heterocycles. The molecule has 0 saturated heterocycles. The fourth-order valence-corrected chi connectivity index (χ4v) is 3.75. The molecule has 0 fully saturated rings. The van der Waals surface area contributed by atoms with Gasteiger partial charge in [-0.25, -0.2) is 4.98 Å². The van der Waals surface area contributed by atoms with Crippen LogP contribution < -0.4 is 10.2 Å². The summed E-state index contributed by atoms with van der Waals surface area (Å²) in [5, 5.41) is 4.48. The van der Waals surface area contributed by atoms with Crippen molar-refractivity contribution in [1.82, 2.24) is 9.97 Å². The summed E-state index contributed by atoms with van der Waals surface area (Å²) in [7, 11) is 2.12. The van der Waals surface area contributed by atoms with E-state index in [4.69, 9.17) is 4.98 Å². The first kappa shape index (κ1) is 16.4. The smallest absolute Gasteiger partial charge is 0.226 e. The highest BCUT2D eigenvalue weighted by molar-refractivity contribution is 7.98. The zero-order valence-electron chi connectivity index (χ0n) is 13.4. The summed E-state index contributed by atoms with van der Waals surface area (Å²) in [6.45, 7) is 7.41. The summed E-state index contributed by atoms with van der Waals surface area (Å²) < 4.78 is 0. The van der Waals surface area contributed by atoms with Crippen molar-refractivity contribution in [3.8, 4) is 0 Å². The number of hydrogen-bond donors (Lipinski definition) is 1. The minimum absolute atomic E-state index is 0.442. The number of aryl methyl sites for hydroxylation is 1. The Balaban J connectivity index is 2.43. The van der Waals surface area contributed by atoms with Gasteiger partial charge < -0.3 is 10.2 Å². The lowest BCUT2D eigenvalue weighted by molar-refractivity contribution is 0.756. The Hall–Kier alpha value is -1.01. The van der Waals surface area contributed by atoms with Gasteiger partial charge in [0.25, 0.3) is 0 Å². The topological polar surface area (TPSA) is 41.1 Å². The molecular formula is C15H24N4S2. The van der Waals surface area contributed by atoms with Crippen molar-refractivity contribution in [2.75, 3.05) is 35.8 Å². The molecule has 0 spiro atoms. The molecular weight excluding hydrogens is 300 g/mol. The van der Waals surface area contributed by atoms with Gasteiger partial charge in [-0.15, -0.1) is 11.3 Å². The van der Waals surface area contributed by atoms with E-state index in [1.165, 1.54) is 4.88 Å². The van der Waals surface area contributed by atoms with E-state index < -0.39 is 0 Å². The molecule has 0 aliphatic rings. The first-order valence-corrected chi connectivity index (χ1v) is 9.51. The number of anilines is 2. The van der Waals surface area contributed by atoms with E-state index in [1.54, 1.807) is 11.3 Å². The molecule has 2 aromatic heterocycles. The average Bonchev–Trinajstić information content (AvgIpc) is 2.83. The molecule has 0 saturated carbocycles.